The van der Waals surface area contributed by atoms with E-state index in [-0.39, 0.29) is 12.1 Å². The molecule has 31 heavy (non-hydrogen) atoms. The molecule has 0 saturated carbocycles. The second kappa shape index (κ2) is 5.48. The summed E-state index contributed by atoms with van der Waals surface area (Å²) in [5.41, 5.74) is 11.2. The minimum Gasteiger partial charge on any atom is -0.310 e. The molecule has 3 heteroatoms. The Bertz CT molecular complexity index is 1630. The fourth-order valence-corrected chi connectivity index (χ4v) is 6.24. The van der Waals surface area contributed by atoms with Crippen LogP contribution in [0.2, 0.25) is 0 Å². The lowest BCUT2D eigenvalue weighted by Gasteiger charge is -2.41. The van der Waals surface area contributed by atoms with E-state index in [9.17, 15) is 5.26 Å². The van der Waals surface area contributed by atoms with Crippen molar-refractivity contribution in [2.75, 3.05) is 0 Å². The van der Waals surface area contributed by atoms with Gasteiger partial charge in [-0.15, -0.1) is 0 Å². The average Bonchev–Trinajstić information content (AvgIpc) is 3.15. The highest BCUT2D eigenvalue weighted by molar-refractivity contribution is 6.99. The maximum absolute atomic E-state index is 9.88. The summed E-state index contributed by atoms with van der Waals surface area (Å²) < 4.78 is 2.40. The smallest absolute Gasteiger partial charge is 0.247 e. The second-order valence-electron chi connectivity index (χ2n) is 9.27. The normalized spacial score (nSPS) is 14.9. The van der Waals surface area contributed by atoms with Crippen molar-refractivity contribution in [3.05, 3.63) is 95.6 Å². The SMILES string of the molecule is CC1(C)c2ccccc2B2c3ccccc3-n3c4cccc(C#N)c4c4ccc1c2c43. The van der Waals surface area contributed by atoms with Gasteiger partial charge >= 0.3 is 0 Å². The van der Waals surface area contributed by atoms with Gasteiger partial charge in [-0.05, 0) is 40.3 Å². The molecule has 2 nitrogen and oxygen atoms in total. The molecule has 1 aromatic heterocycles. The van der Waals surface area contributed by atoms with E-state index >= 15 is 0 Å². The van der Waals surface area contributed by atoms with E-state index in [1.54, 1.807) is 0 Å². The first-order valence-electron chi connectivity index (χ1n) is 10.8. The minimum atomic E-state index is -0.0811. The molecule has 3 heterocycles. The van der Waals surface area contributed by atoms with E-state index in [0.717, 1.165) is 16.5 Å². The molecule has 0 spiro atoms. The predicted octanol–water partition coefficient (Wildman–Crippen LogP) is 4.12. The van der Waals surface area contributed by atoms with Gasteiger partial charge in [0.25, 0.3) is 0 Å². The summed E-state index contributed by atoms with van der Waals surface area (Å²) in [6.07, 6.45) is 0. The molecule has 144 valence electrons. The second-order valence-corrected chi connectivity index (χ2v) is 9.27. The monoisotopic (exact) mass is 394 g/mol. The molecule has 0 fully saturated rings. The summed E-state index contributed by atoms with van der Waals surface area (Å²) in [5.74, 6) is 0. The van der Waals surface area contributed by atoms with Crippen LogP contribution in [0, 0.1) is 11.3 Å². The third kappa shape index (κ3) is 1.85. The van der Waals surface area contributed by atoms with Gasteiger partial charge in [-0.1, -0.05) is 80.0 Å². The number of rotatable bonds is 0. The lowest BCUT2D eigenvalue weighted by Crippen LogP contribution is -2.63. The lowest BCUT2D eigenvalue weighted by atomic mass is 9.30. The summed E-state index contributed by atoms with van der Waals surface area (Å²) in [7, 11) is 0. The minimum absolute atomic E-state index is 0.0811. The van der Waals surface area contributed by atoms with Gasteiger partial charge in [-0.2, -0.15) is 5.26 Å². The van der Waals surface area contributed by atoms with Gasteiger partial charge in [-0.3, -0.25) is 0 Å². The summed E-state index contributed by atoms with van der Waals surface area (Å²) in [5, 5.41) is 12.1. The number of benzene rings is 4. The fraction of sp³-hybridized carbons (Fsp3) is 0.107. The maximum Gasteiger partial charge on any atom is 0.247 e. The highest BCUT2D eigenvalue weighted by atomic mass is 15.0. The zero-order valence-electron chi connectivity index (χ0n) is 17.5. The van der Waals surface area contributed by atoms with Crippen LogP contribution >= 0.6 is 0 Å². The molecule has 2 aliphatic rings. The average molecular weight is 394 g/mol. The number of fused-ring (bicyclic) bond motifs is 8. The largest absolute Gasteiger partial charge is 0.310 e. The van der Waals surface area contributed by atoms with Crippen LogP contribution in [-0.4, -0.2) is 11.3 Å². The number of para-hydroxylation sites is 1. The highest BCUT2D eigenvalue weighted by Crippen LogP contribution is 2.41. The number of nitriles is 1. The van der Waals surface area contributed by atoms with Crippen LogP contribution < -0.4 is 16.4 Å². The van der Waals surface area contributed by atoms with Crippen LogP contribution in [0.1, 0.15) is 30.5 Å². The van der Waals surface area contributed by atoms with Gasteiger partial charge in [0.05, 0.1) is 17.1 Å². The Hall–Kier alpha value is -3.77. The van der Waals surface area contributed by atoms with Gasteiger partial charge < -0.3 is 4.57 Å². The molecule has 0 saturated heterocycles. The first-order chi connectivity index (χ1) is 15.1. The van der Waals surface area contributed by atoms with E-state index in [1.807, 2.05) is 12.1 Å². The van der Waals surface area contributed by atoms with Crippen LogP contribution in [-0.2, 0) is 5.41 Å². The Morgan fingerprint density at radius 1 is 0.806 bits per heavy atom. The molecule has 0 radical (unpaired) electrons. The number of hydrogen-bond donors (Lipinski definition) is 0. The predicted molar refractivity (Wildman–Crippen MR) is 129 cm³/mol. The summed E-state index contributed by atoms with van der Waals surface area (Å²) in [6.45, 7) is 4.89. The van der Waals surface area contributed by atoms with Crippen LogP contribution in [0.4, 0.5) is 0 Å². The van der Waals surface area contributed by atoms with E-state index < -0.39 is 0 Å². The standard InChI is InChI=1S/C28H19BN2/c1-28(2)19-9-3-4-10-21(19)29-22-11-5-6-12-23(22)31-24-13-7-8-17(16-30)25(24)18-14-15-20(28)26(29)27(18)31/h3-15H,1-2H3. The molecule has 2 aliphatic heterocycles. The topological polar surface area (TPSA) is 28.7 Å². The Kier molecular flexibility index (Phi) is 3.00. The van der Waals surface area contributed by atoms with Crippen molar-refractivity contribution in [3.63, 3.8) is 0 Å². The Morgan fingerprint density at radius 2 is 1.58 bits per heavy atom. The Morgan fingerprint density at radius 3 is 2.42 bits per heavy atom. The lowest BCUT2D eigenvalue weighted by molar-refractivity contribution is 0.646. The number of nitrogens with zero attached hydrogens (tertiary/aromatic N) is 2. The van der Waals surface area contributed by atoms with E-state index in [0.29, 0.717) is 0 Å². The summed E-state index contributed by atoms with van der Waals surface area (Å²) in [6, 6.07) is 30.8. The third-order valence-corrected chi connectivity index (χ3v) is 7.51. The zero-order valence-corrected chi connectivity index (χ0v) is 17.5. The zero-order chi connectivity index (χ0) is 20.9. The van der Waals surface area contributed by atoms with Gasteiger partial charge in [-0.25, -0.2) is 0 Å². The maximum atomic E-state index is 9.88. The van der Waals surface area contributed by atoms with Crippen molar-refractivity contribution >= 4 is 44.9 Å². The van der Waals surface area contributed by atoms with Crippen LogP contribution in [0.15, 0.2) is 78.9 Å². The first kappa shape index (κ1) is 17.0. The molecule has 5 aromatic rings. The molecule has 0 amide bonds. The fourth-order valence-electron chi connectivity index (χ4n) is 6.24. The molecule has 0 N–H and O–H groups in total. The quantitative estimate of drug-likeness (QED) is 0.356. The van der Waals surface area contributed by atoms with Crippen molar-refractivity contribution in [2.45, 2.75) is 19.3 Å². The first-order valence-corrected chi connectivity index (χ1v) is 10.8. The van der Waals surface area contributed by atoms with Crippen LogP contribution in [0.25, 0.3) is 27.5 Å². The number of hydrogen-bond acceptors (Lipinski definition) is 1. The Labute approximate surface area is 181 Å². The van der Waals surface area contributed by atoms with Gasteiger partial charge in [0.15, 0.2) is 0 Å². The molecule has 0 atom stereocenters. The van der Waals surface area contributed by atoms with Crippen molar-refractivity contribution in [3.8, 4) is 11.8 Å². The van der Waals surface area contributed by atoms with Gasteiger partial charge in [0, 0.05) is 27.4 Å². The molecular formula is C28H19BN2. The van der Waals surface area contributed by atoms with Gasteiger partial charge in [0.2, 0.25) is 6.71 Å². The molecule has 4 aromatic carbocycles. The van der Waals surface area contributed by atoms with Crippen LogP contribution in [0.5, 0.6) is 0 Å². The van der Waals surface area contributed by atoms with Crippen molar-refractivity contribution in [1.82, 2.24) is 4.57 Å². The highest BCUT2D eigenvalue weighted by Gasteiger charge is 2.44. The van der Waals surface area contributed by atoms with Gasteiger partial charge in [0.1, 0.15) is 0 Å². The van der Waals surface area contributed by atoms with E-state index in [2.05, 4.69) is 91.2 Å². The van der Waals surface area contributed by atoms with Crippen molar-refractivity contribution in [2.24, 2.45) is 0 Å². The molecular weight excluding hydrogens is 375 g/mol. The van der Waals surface area contributed by atoms with Crippen LogP contribution in [0.3, 0.4) is 0 Å². The summed E-state index contributed by atoms with van der Waals surface area (Å²) >= 11 is 0. The molecule has 7 rings (SSSR count). The van der Waals surface area contributed by atoms with E-state index in [1.165, 1.54) is 44.1 Å². The molecule has 0 bridgehead atoms. The third-order valence-electron chi connectivity index (χ3n) is 7.51. The summed E-state index contributed by atoms with van der Waals surface area (Å²) in [4.78, 5) is 0. The molecule has 0 aliphatic carbocycles. The Balaban J connectivity index is 1.80. The number of aromatic nitrogens is 1. The van der Waals surface area contributed by atoms with Crippen molar-refractivity contribution < 1.29 is 0 Å². The molecule has 0 unspecified atom stereocenters. The van der Waals surface area contributed by atoms with Crippen molar-refractivity contribution in [1.29, 1.82) is 5.26 Å². The van der Waals surface area contributed by atoms with E-state index in [4.69, 9.17) is 0 Å².